The van der Waals surface area contributed by atoms with Crippen LogP contribution >= 0.6 is 0 Å². The molecule has 0 saturated heterocycles. The van der Waals surface area contributed by atoms with E-state index in [0.717, 1.165) is 16.7 Å². The van der Waals surface area contributed by atoms with E-state index in [1.165, 1.54) is 19.2 Å². The van der Waals surface area contributed by atoms with Crippen LogP contribution in [0.15, 0.2) is 71.6 Å². The fourth-order valence-electron chi connectivity index (χ4n) is 2.99. The number of carbonyl (C=O) groups is 1. The van der Waals surface area contributed by atoms with Gasteiger partial charge in [0.2, 0.25) is 5.91 Å². The monoisotopic (exact) mass is 424 g/mol. The molecule has 0 aliphatic carbocycles. The third-order valence-corrected chi connectivity index (χ3v) is 6.02. The van der Waals surface area contributed by atoms with Gasteiger partial charge in [0, 0.05) is 11.8 Å². The number of nitrogens with one attached hydrogen (secondary N) is 2. The van der Waals surface area contributed by atoms with Crippen molar-refractivity contribution in [2.24, 2.45) is 0 Å². The maximum Gasteiger partial charge on any atom is 0.261 e. The van der Waals surface area contributed by atoms with Crippen molar-refractivity contribution in [1.29, 1.82) is 0 Å². The molecule has 0 fully saturated rings. The van der Waals surface area contributed by atoms with Gasteiger partial charge < -0.3 is 10.1 Å². The maximum atomic E-state index is 12.6. The smallest absolute Gasteiger partial charge is 0.261 e. The zero-order valence-corrected chi connectivity index (χ0v) is 17.9. The van der Waals surface area contributed by atoms with E-state index < -0.39 is 10.0 Å². The number of amides is 1. The highest BCUT2D eigenvalue weighted by molar-refractivity contribution is 7.92. The summed E-state index contributed by atoms with van der Waals surface area (Å²) >= 11 is 0. The number of benzene rings is 3. The summed E-state index contributed by atoms with van der Waals surface area (Å²) in [6, 6.07) is 18.7. The van der Waals surface area contributed by atoms with Crippen LogP contribution in [0.3, 0.4) is 0 Å². The Bertz CT molecular complexity index is 1160. The van der Waals surface area contributed by atoms with E-state index in [9.17, 15) is 13.2 Å². The number of rotatable bonds is 7. The minimum atomic E-state index is -3.76. The second-order valence-corrected chi connectivity index (χ2v) is 8.70. The lowest BCUT2D eigenvalue weighted by atomic mass is 10.0. The molecule has 0 aliphatic rings. The summed E-state index contributed by atoms with van der Waals surface area (Å²) in [6.07, 6.45) is 0.255. The van der Waals surface area contributed by atoms with E-state index in [0.29, 0.717) is 17.1 Å². The molecule has 0 saturated carbocycles. The SMILES string of the molecule is COc1cccc(NS(=O)(=O)c2ccc(NC(=O)Cc3cc(C)ccc3C)cc2)c1. The molecular weight excluding hydrogens is 400 g/mol. The van der Waals surface area contributed by atoms with Gasteiger partial charge in [0.05, 0.1) is 24.1 Å². The standard InChI is InChI=1S/C23H24N2O4S/c1-16-7-8-17(2)18(13-16)14-23(26)24-19-9-11-22(12-10-19)30(27,28)25-20-5-4-6-21(15-20)29-3/h4-13,15,25H,14H2,1-3H3,(H,24,26). The minimum Gasteiger partial charge on any atom is -0.497 e. The molecular formula is C23H24N2O4S. The van der Waals surface area contributed by atoms with Crippen LogP contribution < -0.4 is 14.8 Å². The summed E-state index contributed by atoms with van der Waals surface area (Å²) in [5.74, 6) is 0.394. The Hall–Kier alpha value is -3.32. The molecule has 0 bridgehead atoms. The van der Waals surface area contributed by atoms with Gasteiger partial charge in [-0.2, -0.15) is 0 Å². The van der Waals surface area contributed by atoms with Crippen molar-refractivity contribution in [3.8, 4) is 5.75 Å². The van der Waals surface area contributed by atoms with E-state index in [1.54, 1.807) is 36.4 Å². The minimum absolute atomic E-state index is 0.0952. The molecule has 0 atom stereocenters. The Kier molecular flexibility index (Phi) is 6.42. The van der Waals surface area contributed by atoms with Crippen LogP contribution in [0.4, 0.5) is 11.4 Å². The van der Waals surface area contributed by atoms with Gasteiger partial charge in [-0.25, -0.2) is 8.42 Å². The topological polar surface area (TPSA) is 84.5 Å². The van der Waals surface area contributed by atoms with Gasteiger partial charge in [-0.05, 0) is 61.4 Å². The van der Waals surface area contributed by atoms with Crippen LogP contribution in [0.1, 0.15) is 16.7 Å². The summed E-state index contributed by atoms with van der Waals surface area (Å²) < 4.78 is 32.8. The highest BCUT2D eigenvalue weighted by Crippen LogP contribution is 2.22. The molecule has 1 amide bonds. The zero-order valence-electron chi connectivity index (χ0n) is 17.1. The predicted molar refractivity (Wildman–Crippen MR) is 118 cm³/mol. The van der Waals surface area contributed by atoms with Gasteiger partial charge in [0.25, 0.3) is 10.0 Å². The molecule has 30 heavy (non-hydrogen) atoms. The molecule has 0 spiro atoms. The van der Waals surface area contributed by atoms with Crippen LogP contribution in [-0.2, 0) is 21.2 Å². The lowest BCUT2D eigenvalue weighted by Gasteiger charge is -2.11. The second-order valence-electron chi connectivity index (χ2n) is 7.02. The van der Waals surface area contributed by atoms with Crippen LogP contribution in [-0.4, -0.2) is 21.4 Å². The van der Waals surface area contributed by atoms with Crippen molar-refractivity contribution in [1.82, 2.24) is 0 Å². The Balaban J connectivity index is 1.67. The maximum absolute atomic E-state index is 12.6. The highest BCUT2D eigenvalue weighted by Gasteiger charge is 2.15. The van der Waals surface area contributed by atoms with Crippen molar-refractivity contribution < 1.29 is 17.9 Å². The first-order valence-electron chi connectivity index (χ1n) is 9.40. The van der Waals surface area contributed by atoms with Gasteiger partial charge in [0.15, 0.2) is 0 Å². The molecule has 0 unspecified atom stereocenters. The number of sulfonamides is 1. The fourth-order valence-corrected chi connectivity index (χ4v) is 4.04. The number of hydrogen-bond donors (Lipinski definition) is 2. The summed E-state index contributed by atoms with van der Waals surface area (Å²) in [5, 5.41) is 2.81. The molecule has 7 heteroatoms. The molecule has 3 aromatic rings. The molecule has 156 valence electrons. The first-order chi connectivity index (χ1) is 14.3. The van der Waals surface area contributed by atoms with E-state index in [-0.39, 0.29) is 17.2 Å². The third kappa shape index (κ3) is 5.39. The van der Waals surface area contributed by atoms with Crippen molar-refractivity contribution >= 4 is 27.3 Å². The quantitative estimate of drug-likeness (QED) is 0.592. The van der Waals surface area contributed by atoms with Crippen molar-refractivity contribution in [3.63, 3.8) is 0 Å². The normalized spacial score (nSPS) is 11.0. The van der Waals surface area contributed by atoms with Gasteiger partial charge in [0.1, 0.15) is 5.75 Å². The summed E-state index contributed by atoms with van der Waals surface area (Å²) in [4.78, 5) is 12.5. The number of aryl methyl sites for hydroxylation is 2. The third-order valence-electron chi connectivity index (χ3n) is 4.63. The Morgan fingerprint density at radius 1 is 0.933 bits per heavy atom. The van der Waals surface area contributed by atoms with Gasteiger partial charge >= 0.3 is 0 Å². The molecule has 0 aliphatic heterocycles. The van der Waals surface area contributed by atoms with Crippen molar-refractivity contribution in [3.05, 3.63) is 83.4 Å². The average molecular weight is 425 g/mol. The Morgan fingerprint density at radius 3 is 2.37 bits per heavy atom. The number of ether oxygens (including phenoxy) is 1. The summed E-state index contributed by atoms with van der Waals surface area (Å²) in [6.45, 7) is 3.95. The molecule has 0 radical (unpaired) electrons. The summed E-state index contributed by atoms with van der Waals surface area (Å²) in [5.41, 5.74) is 4.06. The zero-order chi connectivity index (χ0) is 21.7. The lowest BCUT2D eigenvalue weighted by Crippen LogP contribution is -2.16. The van der Waals surface area contributed by atoms with E-state index in [4.69, 9.17) is 4.74 Å². The molecule has 6 nitrogen and oxygen atoms in total. The molecule has 3 aromatic carbocycles. The van der Waals surface area contributed by atoms with Crippen molar-refractivity contribution in [2.75, 3.05) is 17.1 Å². The van der Waals surface area contributed by atoms with Gasteiger partial charge in [-0.3, -0.25) is 9.52 Å². The van der Waals surface area contributed by atoms with Gasteiger partial charge in [-0.1, -0.05) is 29.8 Å². The second kappa shape index (κ2) is 9.00. The summed E-state index contributed by atoms with van der Waals surface area (Å²) in [7, 11) is -2.25. The van der Waals surface area contributed by atoms with Crippen LogP contribution in [0, 0.1) is 13.8 Å². The van der Waals surface area contributed by atoms with E-state index in [1.807, 2.05) is 32.0 Å². The van der Waals surface area contributed by atoms with Crippen LogP contribution in [0.2, 0.25) is 0 Å². The largest absolute Gasteiger partial charge is 0.497 e. The number of hydrogen-bond acceptors (Lipinski definition) is 4. The number of anilines is 2. The average Bonchev–Trinajstić information content (AvgIpc) is 2.71. The van der Waals surface area contributed by atoms with Crippen molar-refractivity contribution in [2.45, 2.75) is 25.2 Å². The molecule has 2 N–H and O–H groups in total. The molecule has 3 rings (SSSR count). The fraction of sp³-hybridized carbons (Fsp3) is 0.174. The van der Waals surface area contributed by atoms with E-state index >= 15 is 0 Å². The Labute approximate surface area is 177 Å². The number of methoxy groups -OCH3 is 1. The number of carbonyl (C=O) groups excluding carboxylic acids is 1. The first kappa shape index (κ1) is 21.4. The van der Waals surface area contributed by atoms with Crippen LogP contribution in [0.25, 0.3) is 0 Å². The van der Waals surface area contributed by atoms with E-state index in [2.05, 4.69) is 10.0 Å². The van der Waals surface area contributed by atoms with Gasteiger partial charge in [-0.15, -0.1) is 0 Å². The lowest BCUT2D eigenvalue weighted by molar-refractivity contribution is -0.115. The highest BCUT2D eigenvalue weighted by atomic mass is 32.2. The molecule has 0 aromatic heterocycles. The first-order valence-corrected chi connectivity index (χ1v) is 10.9. The Morgan fingerprint density at radius 2 is 1.67 bits per heavy atom. The predicted octanol–water partition coefficient (Wildman–Crippen LogP) is 4.29. The van der Waals surface area contributed by atoms with Crippen LogP contribution in [0.5, 0.6) is 5.75 Å². The molecule has 0 heterocycles.